The van der Waals surface area contributed by atoms with Gasteiger partial charge in [0.25, 0.3) is 11.8 Å². The Morgan fingerprint density at radius 3 is 2.71 bits per heavy atom. The molecule has 1 aliphatic heterocycles. The molecule has 0 fully saturated rings. The van der Waals surface area contributed by atoms with Crippen LogP contribution in [0.2, 0.25) is 0 Å². The molecule has 0 aromatic heterocycles. The van der Waals surface area contributed by atoms with Gasteiger partial charge in [-0.25, -0.2) is 0 Å². The van der Waals surface area contributed by atoms with Crippen molar-refractivity contribution in [3.05, 3.63) is 53.6 Å². The van der Waals surface area contributed by atoms with E-state index in [-0.39, 0.29) is 22.6 Å². The topological polar surface area (TPSA) is 101 Å². The van der Waals surface area contributed by atoms with E-state index in [0.29, 0.717) is 16.9 Å². The number of thioether (sulfide) groups is 1. The molecule has 0 aliphatic carbocycles. The molecule has 0 saturated heterocycles. The van der Waals surface area contributed by atoms with E-state index < -0.39 is 5.91 Å². The molecule has 3 amide bonds. The number of rotatable bonds is 3. The van der Waals surface area contributed by atoms with E-state index in [1.165, 1.54) is 11.8 Å². The van der Waals surface area contributed by atoms with Crippen LogP contribution >= 0.6 is 11.8 Å². The summed E-state index contributed by atoms with van der Waals surface area (Å²) in [6.45, 7) is 1.82. The highest BCUT2D eigenvalue weighted by Gasteiger charge is 2.24. The van der Waals surface area contributed by atoms with Gasteiger partial charge in [-0.05, 0) is 37.3 Å². The second-order valence-corrected chi connectivity index (χ2v) is 6.71. The van der Waals surface area contributed by atoms with E-state index in [9.17, 15) is 14.4 Å². The number of hydrogen-bond donors (Lipinski definition) is 3. The second-order valence-electron chi connectivity index (χ2n) is 5.32. The van der Waals surface area contributed by atoms with Crippen molar-refractivity contribution >= 4 is 40.9 Å². The predicted molar refractivity (Wildman–Crippen MR) is 93.3 cm³/mol. The fraction of sp³-hybridized carbons (Fsp3) is 0.118. The van der Waals surface area contributed by atoms with Crippen LogP contribution in [0.3, 0.4) is 0 Å². The predicted octanol–water partition coefficient (Wildman–Crippen LogP) is 2.47. The number of anilines is 2. The van der Waals surface area contributed by atoms with Crippen LogP contribution in [0.25, 0.3) is 0 Å². The van der Waals surface area contributed by atoms with Crippen LogP contribution in [-0.4, -0.2) is 23.0 Å². The van der Waals surface area contributed by atoms with E-state index in [1.54, 1.807) is 42.5 Å². The summed E-state index contributed by atoms with van der Waals surface area (Å²) in [5, 5.41) is 5.29. The molecule has 2 aromatic rings. The van der Waals surface area contributed by atoms with Gasteiger partial charge < -0.3 is 16.4 Å². The van der Waals surface area contributed by atoms with E-state index in [2.05, 4.69) is 10.6 Å². The largest absolute Gasteiger partial charge is 0.366 e. The van der Waals surface area contributed by atoms with E-state index in [1.807, 2.05) is 6.92 Å². The lowest BCUT2D eigenvalue weighted by atomic mass is 10.1. The van der Waals surface area contributed by atoms with Crippen molar-refractivity contribution in [2.45, 2.75) is 17.1 Å². The lowest BCUT2D eigenvalue weighted by molar-refractivity contribution is -0.115. The van der Waals surface area contributed by atoms with Crippen molar-refractivity contribution in [1.29, 1.82) is 0 Å². The Kier molecular flexibility index (Phi) is 4.26. The molecule has 0 spiro atoms. The number of amides is 3. The summed E-state index contributed by atoms with van der Waals surface area (Å²) in [7, 11) is 0. The standard InChI is InChI=1S/C17H15N3O3S/c1-9-16(22)20-13-8-10(6-7-14(13)24-9)17(23)19-12-5-3-2-4-11(12)15(18)21/h2-9H,1H3,(H2,18,21)(H,19,23)(H,20,22). The van der Waals surface area contributed by atoms with Crippen molar-refractivity contribution in [3.8, 4) is 0 Å². The molecule has 1 unspecified atom stereocenters. The smallest absolute Gasteiger partial charge is 0.255 e. The summed E-state index contributed by atoms with van der Waals surface area (Å²) in [4.78, 5) is 36.5. The van der Waals surface area contributed by atoms with Crippen LogP contribution in [0.15, 0.2) is 47.4 Å². The highest BCUT2D eigenvalue weighted by Crippen LogP contribution is 2.36. The number of hydrogen-bond acceptors (Lipinski definition) is 4. The summed E-state index contributed by atoms with van der Waals surface area (Å²) >= 11 is 1.45. The summed E-state index contributed by atoms with van der Waals surface area (Å²) in [5.74, 6) is -1.09. The van der Waals surface area contributed by atoms with Gasteiger partial charge in [-0.15, -0.1) is 11.8 Å². The Balaban J connectivity index is 1.86. The molecule has 3 rings (SSSR count). The van der Waals surface area contributed by atoms with Crippen LogP contribution in [0.5, 0.6) is 0 Å². The zero-order valence-corrected chi connectivity index (χ0v) is 13.6. The highest BCUT2D eigenvalue weighted by molar-refractivity contribution is 8.00. The molecule has 0 saturated carbocycles. The van der Waals surface area contributed by atoms with E-state index in [4.69, 9.17) is 5.73 Å². The maximum absolute atomic E-state index is 12.4. The molecule has 0 bridgehead atoms. The fourth-order valence-corrected chi connectivity index (χ4v) is 3.28. The maximum atomic E-state index is 12.4. The van der Waals surface area contributed by atoms with Gasteiger partial charge in [0.2, 0.25) is 5.91 Å². The minimum Gasteiger partial charge on any atom is -0.366 e. The van der Waals surface area contributed by atoms with Crippen molar-refractivity contribution in [1.82, 2.24) is 0 Å². The molecule has 6 nitrogen and oxygen atoms in total. The van der Waals surface area contributed by atoms with E-state index in [0.717, 1.165) is 4.90 Å². The molecule has 7 heteroatoms. The summed E-state index contributed by atoms with van der Waals surface area (Å²) < 4.78 is 0. The first-order chi connectivity index (χ1) is 11.5. The first-order valence-electron chi connectivity index (χ1n) is 7.27. The number of para-hydroxylation sites is 1. The third-order valence-electron chi connectivity index (χ3n) is 3.61. The second kappa shape index (κ2) is 6.37. The van der Waals surface area contributed by atoms with Crippen LogP contribution in [0, 0.1) is 0 Å². The molecule has 1 atom stereocenters. The number of carbonyl (C=O) groups excluding carboxylic acids is 3. The molecule has 0 radical (unpaired) electrons. The monoisotopic (exact) mass is 341 g/mol. The van der Waals surface area contributed by atoms with Crippen molar-refractivity contribution in [2.24, 2.45) is 5.73 Å². The SMILES string of the molecule is CC1Sc2ccc(C(=O)Nc3ccccc3C(N)=O)cc2NC1=O. The van der Waals surface area contributed by atoms with Crippen LogP contribution in [0.1, 0.15) is 27.6 Å². The lowest BCUT2D eigenvalue weighted by Gasteiger charge is -2.21. The zero-order valence-electron chi connectivity index (χ0n) is 12.8. The Labute approximate surface area is 142 Å². The molecular formula is C17H15N3O3S. The molecular weight excluding hydrogens is 326 g/mol. The van der Waals surface area contributed by atoms with E-state index >= 15 is 0 Å². The average Bonchev–Trinajstić information content (AvgIpc) is 2.55. The van der Waals surface area contributed by atoms with Gasteiger partial charge in [0.15, 0.2) is 0 Å². The number of nitrogens with one attached hydrogen (secondary N) is 2. The van der Waals surface area contributed by atoms with Gasteiger partial charge in [0, 0.05) is 10.5 Å². The lowest BCUT2D eigenvalue weighted by Crippen LogP contribution is -2.26. The van der Waals surface area contributed by atoms with Crippen LogP contribution in [0.4, 0.5) is 11.4 Å². The summed E-state index contributed by atoms with van der Waals surface area (Å²) in [5.41, 5.74) is 6.88. The quantitative estimate of drug-likeness (QED) is 0.798. The first kappa shape index (κ1) is 16.1. The third-order valence-corrected chi connectivity index (χ3v) is 4.79. The molecule has 24 heavy (non-hydrogen) atoms. The van der Waals surface area contributed by atoms with Gasteiger partial charge in [-0.3, -0.25) is 14.4 Å². The number of carbonyl (C=O) groups is 3. The summed E-state index contributed by atoms with van der Waals surface area (Å²) in [6, 6.07) is 11.6. The van der Waals surface area contributed by atoms with Gasteiger partial charge in [-0.2, -0.15) is 0 Å². The van der Waals surface area contributed by atoms with Crippen LogP contribution < -0.4 is 16.4 Å². The van der Waals surface area contributed by atoms with Gasteiger partial charge >= 0.3 is 0 Å². The van der Waals surface area contributed by atoms with Crippen molar-refractivity contribution in [3.63, 3.8) is 0 Å². The van der Waals surface area contributed by atoms with Gasteiger partial charge in [0.05, 0.1) is 22.2 Å². The Morgan fingerprint density at radius 2 is 1.96 bits per heavy atom. The molecule has 4 N–H and O–H groups in total. The molecule has 1 aliphatic rings. The van der Waals surface area contributed by atoms with Gasteiger partial charge in [0.1, 0.15) is 0 Å². The molecule has 122 valence electrons. The summed E-state index contributed by atoms with van der Waals surface area (Å²) in [6.07, 6.45) is 0. The number of benzene rings is 2. The van der Waals surface area contributed by atoms with Crippen molar-refractivity contribution in [2.75, 3.05) is 10.6 Å². The number of nitrogens with two attached hydrogens (primary N) is 1. The molecule has 2 aromatic carbocycles. The Hall–Kier alpha value is -2.80. The van der Waals surface area contributed by atoms with Crippen molar-refractivity contribution < 1.29 is 14.4 Å². The Bertz CT molecular complexity index is 851. The fourth-order valence-electron chi connectivity index (χ4n) is 2.35. The molecule has 1 heterocycles. The number of primary amides is 1. The highest BCUT2D eigenvalue weighted by atomic mass is 32.2. The number of fused-ring (bicyclic) bond motifs is 1. The minimum atomic E-state index is -0.617. The maximum Gasteiger partial charge on any atom is 0.255 e. The average molecular weight is 341 g/mol. The Morgan fingerprint density at radius 1 is 1.21 bits per heavy atom. The third kappa shape index (κ3) is 3.11. The van der Waals surface area contributed by atoms with Crippen LogP contribution in [-0.2, 0) is 4.79 Å². The normalized spacial score (nSPS) is 16.0. The minimum absolute atomic E-state index is 0.0934. The van der Waals surface area contributed by atoms with Gasteiger partial charge in [-0.1, -0.05) is 12.1 Å². The zero-order chi connectivity index (χ0) is 17.3. The first-order valence-corrected chi connectivity index (χ1v) is 8.15.